The lowest BCUT2D eigenvalue weighted by Gasteiger charge is -2.11. The summed E-state index contributed by atoms with van der Waals surface area (Å²) in [5.74, 6) is 0. The quantitative estimate of drug-likeness (QED) is 0.722. The normalized spacial score (nSPS) is 12.7. The number of aliphatic hydroxyl groups excluding tert-OH is 1. The molecule has 1 atom stereocenters. The van der Waals surface area contributed by atoms with Crippen LogP contribution in [0.5, 0.6) is 0 Å². The van der Waals surface area contributed by atoms with Gasteiger partial charge in [-0.3, -0.25) is 0 Å². The van der Waals surface area contributed by atoms with Gasteiger partial charge in [-0.15, -0.1) is 0 Å². The predicted molar refractivity (Wildman–Crippen MR) is 63.2 cm³/mol. The van der Waals surface area contributed by atoms with Crippen molar-refractivity contribution in [3.63, 3.8) is 0 Å². The van der Waals surface area contributed by atoms with Crippen LogP contribution in [-0.2, 0) is 16.1 Å². The maximum absolute atomic E-state index is 9.81. The third-order valence-corrected chi connectivity index (χ3v) is 2.30. The first-order chi connectivity index (χ1) is 7.77. The van der Waals surface area contributed by atoms with Crippen LogP contribution >= 0.6 is 0 Å². The third kappa shape index (κ3) is 4.31. The van der Waals surface area contributed by atoms with E-state index >= 15 is 0 Å². The molecule has 90 valence electrons. The van der Waals surface area contributed by atoms with Crippen molar-refractivity contribution in [1.82, 2.24) is 0 Å². The van der Waals surface area contributed by atoms with Gasteiger partial charge >= 0.3 is 0 Å². The molecule has 1 aromatic rings. The summed E-state index contributed by atoms with van der Waals surface area (Å²) in [6.45, 7) is 3.70. The molecule has 0 spiro atoms. The monoisotopic (exact) mass is 224 g/mol. The first-order valence-corrected chi connectivity index (χ1v) is 5.61. The minimum absolute atomic E-state index is 0.359. The van der Waals surface area contributed by atoms with E-state index in [1.54, 1.807) is 7.11 Å². The van der Waals surface area contributed by atoms with Crippen LogP contribution in [0, 0.1) is 0 Å². The van der Waals surface area contributed by atoms with Gasteiger partial charge in [0.05, 0.1) is 13.2 Å². The van der Waals surface area contributed by atoms with Crippen LogP contribution in [0.25, 0.3) is 0 Å². The number of aliphatic hydroxyl groups is 1. The van der Waals surface area contributed by atoms with E-state index in [2.05, 4.69) is 0 Å². The number of ether oxygens (including phenoxy) is 2. The molecule has 3 nitrogen and oxygen atoms in total. The summed E-state index contributed by atoms with van der Waals surface area (Å²) in [6, 6.07) is 7.74. The number of hydrogen-bond donors (Lipinski definition) is 1. The fraction of sp³-hybridized carbons (Fsp3) is 0.538. The van der Waals surface area contributed by atoms with Crippen molar-refractivity contribution in [2.45, 2.75) is 26.1 Å². The smallest absolute Gasteiger partial charge is 0.102 e. The Morgan fingerprint density at radius 1 is 1.25 bits per heavy atom. The molecule has 0 aliphatic heterocycles. The minimum Gasteiger partial charge on any atom is -0.386 e. The van der Waals surface area contributed by atoms with Gasteiger partial charge in [0, 0.05) is 13.7 Å². The fourth-order valence-electron chi connectivity index (χ4n) is 1.44. The molecule has 0 saturated carbocycles. The standard InChI is InChI=1S/C13H20O3/c1-3-8-16-10-13(14)12-6-4-11(5-7-12)9-15-2/h4-7,13-14H,3,8-10H2,1-2H3. The molecule has 3 heteroatoms. The lowest BCUT2D eigenvalue weighted by atomic mass is 10.1. The second-order valence-electron chi connectivity index (χ2n) is 3.77. The molecule has 1 N–H and O–H groups in total. The highest BCUT2D eigenvalue weighted by molar-refractivity contribution is 5.23. The summed E-state index contributed by atoms with van der Waals surface area (Å²) in [5.41, 5.74) is 1.99. The van der Waals surface area contributed by atoms with Gasteiger partial charge in [0.15, 0.2) is 0 Å². The Bertz CT molecular complexity index is 282. The van der Waals surface area contributed by atoms with Crippen molar-refractivity contribution in [3.05, 3.63) is 35.4 Å². The van der Waals surface area contributed by atoms with E-state index < -0.39 is 6.10 Å². The van der Waals surface area contributed by atoms with Crippen LogP contribution in [0.4, 0.5) is 0 Å². The van der Waals surface area contributed by atoms with Crippen molar-refractivity contribution in [1.29, 1.82) is 0 Å². The average molecular weight is 224 g/mol. The lowest BCUT2D eigenvalue weighted by molar-refractivity contribution is 0.0363. The Kier molecular flexibility index (Phi) is 6.08. The topological polar surface area (TPSA) is 38.7 Å². The van der Waals surface area contributed by atoms with E-state index in [4.69, 9.17) is 9.47 Å². The Balaban J connectivity index is 2.46. The SMILES string of the molecule is CCCOCC(O)c1ccc(COC)cc1. The van der Waals surface area contributed by atoms with Crippen LogP contribution in [0.1, 0.15) is 30.6 Å². The highest BCUT2D eigenvalue weighted by Crippen LogP contribution is 2.14. The van der Waals surface area contributed by atoms with Gasteiger partial charge in [0.1, 0.15) is 6.10 Å². The Morgan fingerprint density at radius 3 is 2.50 bits per heavy atom. The molecule has 0 aliphatic rings. The van der Waals surface area contributed by atoms with Gasteiger partial charge in [0.25, 0.3) is 0 Å². The molecule has 0 amide bonds. The molecule has 0 saturated heterocycles. The largest absolute Gasteiger partial charge is 0.386 e. The zero-order chi connectivity index (χ0) is 11.8. The third-order valence-electron chi connectivity index (χ3n) is 2.30. The predicted octanol–water partition coefficient (Wildman–Crippen LogP) is 2.29. The summed E-state index contributed by atoms with van der Waals surface area (Å²) < 4.78 is 10.3. The Hall–Kier alpha value is -0.900. The molecule has 0 fully saturated rings. The number of hydrogen-bond acceptors (Lipinski definition) is 3. The van der Waals surface area contributed by atoms with Gasteiger partial charge in [-0.25, -0.2) is 0 Å². The van der Waals surface area contributed by atoms with Crippen LogP contribution in [0.15, 0.2) is 24.3 Å². The molecule has 0 bridgehead atoms. The second kappa shape index (κ2) is 7.39. The van der Waals surface area contributed by atoms with Crippen molar-refractivity contribution >= 4 is 0 Å². The zero-order valence-corrected chi connectivity index (χ0v) is 9.98. The molecule has 1 aromatic carbocycles. The first-order valence-electron chi connectivity index (χ1n) is 5.61. The fourth-order valence-corrected chi connectivity index (χ4v) is 1.44. The summed E-state index contributed by atoms with van der Waals surface area (Å²) >= 11 is 0. The van der Waals surface area contributed by atoms with Crippen molar-refractivity contribution in [2.24, 2.45) is 0 Å². The molecule has 16 heavy (non-hydrogen) atoms. The molecule has 0 heterocycles. The van der Waals surface area contributed by atoms with Gasteiger partial charge in [-0.1, -0.05) is 31.2 Å². The van der Waals surface area contributed by atoms with Gasteiger partial charge in [0.2, 0.25) is 0 Å². The Labute approximate surface area is 97.0 Å². The molecule has 0 aliphatic carbocycles. The van der Waals surface area contributed by atoms with Gasteiger partial charge in [-0.05, 0) is 17.5 Å². The minimum atomic E-state index is -0.539. The number of methoxy groups -OCH3 is 1. The van der Waals surface area contributed by atoms with Crippen LogP contribution in [0.2, 0.25) is 0 Å². The van der Waals surface area contributed by atoms with E-state index in [-0.39, 0.29) is 0 Å². The van der Waals surface area contributed by atoms with Gasteiger partial charge in [-0.2, -0.15) is 0 Å². The molecule has 0 radical (unpaired) electrons. The molecule has 0 aromatic heterocycles. The highest BCUT2D eigenvalue weighted by atomic mass is 16.5. The van der Waals surface area contributed by atoms with E-state index in [1.165, 1.54) is 0 Å². The van der Waals surface area contributed by atoms with Crippen LogP contribution in [0.3, 0.4) is 0 Å². The molecular formula is C13H20O3. The highest BCUT2D eigenvalue weighted by Gasteiger charge is 2.06. The molecular weight excluding hydrogens is 204 g/mol. The Morgan fingerprint density at radius 2 is 1.94 bits per heavy atom. The summed E-state index contributed by atoms with van der Waals surface area (Å²) in [7, 11) is 1.67. The van der Waals surface area contributed by atoms with E-state index in [0.29, 0.717) is 19.8 Å². The van der Waals surface area contributed by atoms with Gasteiger partial charge < -0.3 is 14.6 Å². The zero-order valence-electron chi connectivity index (χ0n) is 9.98. The maximum Gasteiger partial charge on any atom is 0.102 e. The average Bonchev–Trinajstić information content (AvgIpc) is 2.30. The summed E-state index contributed by atoms with van der Waals surface area (Å²) in [5, 5.41) is 9.81. The van der Waals surface area contributed by atoms with Crippen molar-refractivity contribution in [3.8, 4) is 0 Å². The maximum atomic E-state index is 9.81. The second-order valence-corrected chi connectivity index (χ2v) is 3.77. The lowest BCUT2D eigenvalue weighted by Crippen LogP contribution is -2.07. The molecule has 1 unspecified atom stereocenters. The van der Waals surface area contributed by atoms with E-state index in [9.17, 15) is 5.11 Å². The number of benzene rings is 1. The summed E-state index contributed by atoms with van der Waals surface area (Å²) in [6.07, 6.45) is 0.433. The van der Waals surface area contributed by atoms with Crippen molar-refractivity contribution < 1.29 is 14.6 Å². The van der Waals surface area contributed by atoms with Crippen molar-refractivity contribution in [2.75, 3.05) is 20.3 Å². The first kappa shape index (κ1) is 13.2. The van der Waals surface area contributed by atoms with E-state index in [1.807, 2.05) is 31.2 Å². The van der Waals surface area contributed by atoms with Crippen LogP contribution < -0.4 is 0 Å². The van der Waals surface area contributed by atoms with E-state index in [0.717, 1.165) is 17.5 Å². The number of rotatable bonds is 7. The summed E-state index contributed by atoms with van der Waals surface area (Å²) in [4.78, 5) is 0. The molecule has 1 rings (SSSR count). The van der Waals surface area contributed by atoms with Crippen LogP contribution in [-0.4, -0.2) is 25.4 Å².